The van der Waals surface area contributed by atoms with E-state index in [1.54, 1.807) is 11.1 Å². The normalized spacial score (nSPS) is 11.7. The molecule has 0 unspecified atom stereocenters. The molecule has 0 saturated heterocycles. The molecule has 0 atom stereocenters. The van der Waals surface area contributed by atoms with Gasteiger partial charge >= 0.3 is 0 Å². The van der Waals surface area contributed by atoms with Crippen LogP contribution in [0.5, 0.6) is 0 Å². The van der Waals surface area contributed by atoms with E-state index < -0.39 is 0 Å². The topological polar surface area (TPSA) is 0 Å². The highest BCUT2D eigenvalue weighted by atomic mass is 32.1. The van der Waals surface area contributed by atoms with Crippen LogP contribution in [0.2, 0.25) is 0 Å². The van der Waals surface area contributed by atoms with Gasteiger partial charge in [0, 0.05) is 20.2 Å². The summed E-state index contributed by atoms with van der Waals surface area (Å²) >= 11 is 1.98. The van der Waals surface area contributed by atoms with Gasteiger partial charge in [0.15, 0.2) is 0 Å². The van der Waals surface area contributed by atoms with E-state index in [9.17, 15) is 0 Å². The number of hydrogen-bond donors (Lipinski definition) is 0. The van der Waals surface area contributed by atoms with Gasteiger partial charge in [-0.1, -0.05) is 78.1 Å². The summed E-state index contributed by atoms with van der Waals surface area (Å²) < 4.78 is 2.94. The molecule has 1 heteroatoms. The Morgan fingerprint density at radius 3 is 1.32 bits per heavy atom. The number of rotatable bonds is 14. The molecule has 170 valence electrons. The molecule has 0 N–H and O–H groups in total. The molecule has 0 nitrogen and oxygen atoms in total. The SMILES string of the molecule is CCCCCCCCc1cc2c(cc1C)sc1cc(C)c(CCCCCCCC)cc12. The van der Waals surface area contributed by atoms with Crippen molar-refractivity contribution in [3.8, 4) is 0 Å². The van der Waals surface area contributed by atoms with Gasteiger partial charge in [0.25, 0.3) is 0 Å². The minimum Gasteiger partial charge on any atom is -0.135 e. The fourth-order valence-corrected chi connectivity index (χ4v) is 6.16. The zero-order chi connectivity index (χ0) is 22.1. The number of aryl methyl sites for hydroxylation is 4. The van der Waals surface area contributed by atoms with Crippen LogP contribution in [0.4, 0.5) is 0 Å². The van der Waals surface area contributed by atoms with Gasteiger partial charge in [0.2, 0.25) is 0 Å². The Balaban J connectivity index is 1.71. The van der Waals surface area contributed by atoms with Gasteiger partial charge in [-0.2, -0.15) is 0 Å². The van der Waals surface area contributed by atoms with E-state index in [2.05, 4.69) is 52.0 Å². The number of hydrogen-bond acceptors (Lipinski definition) is 1. The van der Waals surface area contributed by atoms with Crippen molar-refractivity contribution in [2.75, 3.05) is 0 Å². The maximum absolute atomic E-state index is 2.53. The molecule has 2 aromatic carbocycles. The van der Waals surface area contributed by atoms with Crippen LogP contribution in [0.15, 0.2) is 24.3 Å². The third-order valence-corrected chi connectivity index (χ3v) is 8.10. The third kappa shape index (κ3) is 6.82. The molecule has 0 aliphatic rings. The van der Waals surface area contributed by atoms with Crippen molar-refractivity contribution >= 4 is 31.5 Å². The minimum absolute atomic E-state index is 1.24. The predicted molar refractivity (Wildman–Crippen MR) is 143 cm³/mol. The number of benzene rings is 2. The summed E-state index contributed by atoms with van der Waals surface area (Å²) in [5, 5.41) is 2.99. The molecule has 0 fully saturated rings. The first-order chi connectivity index (χ1) is 15.1. The van der Waals surface area contributed by atoms with E-state index in [0.29, 0.717) is 0 Å². The van der Waals surface area contributed by atoms with Gasteiger partial charge in [0.05, 0.1) is 0 Å². The van der Waals surface area contributed by atoms with Gasteiger partial charge < -0.3 is 0 Å². The summed E-state index contributed by atoms with van der Waals surface area (Å²) in [4.78, 5) is 0. The van der Waals surface area contributed by atoms with Gasteiger partial charge in [-0.3, -0.25) is 0 Å². The molecular formula is C30H44S. The quantitative estimate of drug-likeness (QED) is 0.220. The van der Waals surface area contributed by atoms with Crippen molar-refractivity contribution in [1.29, 1.82) is 0 Å². The fourth-order valence-electron chi connectivity index (χ4n) is 4.89. The Bertz CT molecular complexity index is 870. The number of thiophene rings is 1. The summed E-state index contributed by atoms with van der Waals surface area (Å²) in [6.07, 6.45) is 19.0. The molecule has 3 aromatic rings. The van der Waals surface area contributed by atoms with Gasteiger partial charge in [-0.05, 0) is 86.1 Å². The molecule has 0 saturated carbocycles. The highest BCUT2D eigenvalue weighted by Crippen LogP contribution is 2.37. The molecule has 0 aliphatic carbocycles. The van der Waals surface area contributed by atoms with Crippen molar-refractivity contribution in [3.05, 3.63) is 46.5 Å². The molecule has 0 aliphatic heterocycles. The zero-order valence-corrected chi connectivity index (χ0v) is 21.4. The largest absolute Gasteiger partial charge is 0.135 e. The van der Waals surface area contributed by atoms with E-state index in [4.69, 9.17) is 0 Å². The van der Waals surface area contributed by atoms with Crippen LogP contribution < -0.4 is 0 Å². The van der Waals surface area contributed by atoms with Crippen LogP contribution >= 0.6 is 11.3 Å². The number of fused-ring (bicyclic) bond motifs is 3. The minimum atomic E-state index is 1.24. The molecule has 3 rings (SSSR count). The maximum Gasteiger partial charge on any atom is 0.0358 e. The Hall–Kier alpha value is -1.34. The Morgan fingerprint density at radius 1 is 0.516 bits per heavy atom. The first kappa shape index (κ1) is 24.3. The Kier molecular flexibility index (Phi) is 9.91. The van der Waals surface area contributed by atoms with Crippen LogP contribution in [-0.4, -0.2) is 0 Å². The highest BCUT2D eigenvalue weighted by molar-refractivity contribution is 7.25. The van der Waals surface area contributed by atoms with E-state index in [0.717, 1.165) is 0 Å². The van der Waals surface area contributed by atoms with Crippen molar-refractivity contribution in [3.63, 3.8) is 0 Å². The third-order valence-electron chi connectivity index (χ3n) is 6.99. The Labute approximate surface area is 195 Å². The smallest absolute Gasteiger partial charge is 0.0358 e. The molecule has 0 amide bonds. The lowest BCUT2D eigenvalue weighted by Crippen LogP contribution is -1.91. The lowest BCUT2D eigenvalue weighted by molar-refractivity contribution is 0.607. The summed E-state index contributed by atoms with van der Waals surface area (Å²) in [5.41, 5.74) is 6.11. The van der Waals surface area contributed by atoms with Crippen LogP contribution in [0.3, 0.4) is 0 Å². The van der Waals surface area contributed by atoms with E-state index in [1.807, 2.05) is 11.3 Å². The molecule has 0 bridgehead atoms. The summed E-state index contributed by atoms with van der Waals surface area (Å²) in [6, 6.07) is 9.96. The van der Waals surface area contributed by atoms with Crippen molar-refractivity contribution in [2.24, 2.45) is 0 Å². The predicted octanol–water partition coefficient (Wildman–Crippen LogP) is 10.5. The average molecular weight is 437 g/mol. The molecule has 1 heterocycles. The van der Waals surface area contributed by atoms with Crippen LogP contribution in [0.1, 0.15) is 113 Å². The lowest BCUT2D eigenvalue weighted by atomic mass is 9.96. The molecule has 1 aromatic heterocycles. The standard InChI is InChI=1S/C30H44S/c1-5-7-9-11-13-15-17-25-21-27-28-22-26(18-16-14-12-10-8-6-2)24(4)20-30(28)31-29(27)19-23(25)3/h19-22H,5-18H2,1-4H3. The van der Waals surface area contributed by atoms with E-state index in [1.165, 1.54) is 121 Å². The second-order valence-electron chi connectivity index (χ2n) is 9.69. The van der Waals surface area contributed by atoms with Gasteiger partial charge in [-0.25, -0.2) is 0 Å². The van der Waals surface area contributed by atoms with Gasteiger partial charge in [0.1, 0.15) is 0 Å². The first-order valence-electron chi connectivity index (χ1n) is 13.1. The molecule has 0 spiro atoms. The first-order valence-corrected chi connectivity index (χ1v) is 13.9. The second-order valence-corrected chi connectivity index (χ2v) is 10.8. The van der Waals surface area contributed by atoms with Crippen molar-refractivity contribution in [2.45, 2.75) is 118 Å². The van der Waals surface area contributed by atoms with Gasteiger partial charge in [-0.15, -0.1) is 11.3 Å². The average Bonchev–Trinajstić information content (AvgIpc) is 3.08. The van der Waals surface area contributed by atoms with Crippen LogP contribution in [0, 0.1) is 13.8 Å². The fraction of sp³-hybridized carbons (Fsp3) is 0.600. The van der Waals surface area contributed by atoms with Crippen LogP contribution in [-0.2, 0) is 12.8 Å². The zero-order valence-electron chi connectivity index (χ0n) is 20.6. The molecule has 0 radical (unpaired) electrons. The molecule has 31 heavy (non-hydrogen) atoms. The van der Waals surface area contributed by atoms with E-state index >= 15 is 0 Å². The monoisotopic (exact) mass is 436 g/mol. The highest BCUT2D eigenvalue weighted by Gasteiger charge is 2.11. The number of unbranched alkanes of at least 4 members (excludes halogenated alkanes) is 10. The lowest BCUT2D eigenvalue weighted by Gasteiger charge is -2.08. The maximum atomic E-state index is 2.53. The summed E-state index contributed by atoms with van der Waals surface area (Å²) in [7, 11) is 0. The molecular weight excluding hydrogens is 392 g/mol. The second kappa shape index (κ2) is 12.6. The summed E-state index contributed by atoms with van der Waals surface area (Å²) in [6.45, 7) is 9.21. The Morgan fingerprint density at radius 2 is 0.903 bits per heavy atom. The van der Waals surface area contributed by atoms with E-state index in [-0.39, 0.29) is 0 Å². The van der Waals surface area contributed by atoms with Crippen molar-refractivity contribution < 1.29 is 0 Å². The summed E-state index contributed by atoms with van der Waals surface area (Å²) in [5.74, 6) is 0. The van der Waals surface area contributed by atoms with Crippen molar-refractivity contribution in [1.82, 2.24) is 0 Å². The van der Waals surface area contributed by atoms with Crippen LogP contribution in [0.25, 0.3) is 20.2 Å².